The van der Waals surface area contributed by atoms with E-state index in [-0.39, 0.29) is 0 Å². The summed E-state index contributed by atoms with van der Waals surface area (Å²) in [5.74, 6) is 1.84. The number of nitrogens with zero attached hydrogens (tertiary/aromatic N) is 3. The minimum atomic E-state index is 0.594. The van der Waals surface area contributed by atoms with Crippen molar-refractivity contribution in [2.75, 3.05) is 0 Å². The molecule has 2 aromatic heterocycles. The Hall–Kier alpha value is -6.39. The quantitative estimate of drug-likeness (QED) is 0.193. The summed E-state index contributed by atoms with van der Waals surface area (Å²) in [4.78, 5) is 15.2. The Balaban J connectivity index is 1.23. The first-order chi connectivity index (χ1) is 23.7. The van der Waals surface area contributed by atoms with E-state index in [1.807, 2.05) is 48.5 Å². The first-order valence-corrected chi connectivity index (χ1v) is 16.1. The molecule has 4 heteroatoms. The van der Waals surface area contributed by atoms with E-state index < -0.39 is 0 Å². The summed E-state index contributed by atoms with van der Waals surface area (Å²) in [5.41, 5.74) is 10.3. The fraction of sp³-hybridized carbons (Fsp3) is 0.0227. The molecule has 9 aromatic rings. The normalized spacial score (nSPS) is 11.4. The molecule has 4 nitrogen and oxygen atoms in total. The molecule has 0 amide bonds. The van der Waals surface area contributed by atoms with Gasteiger partial charge >= 0.3 is 0 Å². The van der Waals surface area contributed by atoms with Gasteiger partial charge in [0, 0.05) is 27.5 Å². The number of hydrogen-bond acceptors (Lipinski definition) is 4. The molecule has 0 unspecified atom stereocenters. The van der Waals surface area contributed by atoms with Crippen LogP contribution in [0, 0.1) is 6.92 Å². The third-order valence-corrected chi connectivity index (χ3v) is 9.00. The fourth-order valence-electron chi connectivity index (χ4n) is 6.72. The molecule has 9 rings (SSSR count). The van der Waals surface area contributed by atoms with Gasteiger partial charge in [-0.05, 0) is 64.2 Å². The second-order valence-corrected chi connectivity index (χ2v) is 12.1. The Labute approximate surface area is 278 Å². The van der Waals surface area contributed by atoms with Gasteiger partial charge in [0.2, 0.25) is 0 Å². The minimum Gasteiger partial charge on any atom is -0.456 e. The van der Waals surface area contributed by atoms with Crippen molar-refractivity contribution in [3.8, 4) is 56.4 Å². The summed E-state index contributed by atoms with van der Waals surface area (Å²) >= 11 is 0. The van der Waals surface area contributed by atoms with Gasteiger partial charge in [-0.2, -0.15) is 0 Å². The topological polar surface area (TPSA) is 51.8 Å². The van der Waals surface area contributed by atoms with Crippen molar-refractivity contribution in [3.63, 3.8) is 0 Å². The van der Waals surface area contributed by atoms with Gasteiger partial charge in [-0.15, -0.1) is 0 Å². The van der Waals surface area contributed by atoms with Crippen molar-refractivity contribution in [1.82, 2.24) is 15.0 Å². The molecule has 0 fully saturated rings. The van der Waals surface area contributed by atoms with Crippen LogP contribution in [0.2, 0.25) is 0 Å². The van der Waals surface area contributed by atoms with Gasteiger partial charge in [0.05, 0.1) is 0 Å². The van der Waals surface area contributed by atoms with Crippen molar-refractivity contribution in [3.05, 3.63) is 163 Å². The zero-order chi connectivity index (χ0) is 32.0. The predicted octanol–water partition coefficient (Wildman–Crippen LogP) is 11.6. The maximum atomic E-state index is 6.46. The van der Waals surface area contributed by atoms with Crippen LogP contribution in [0.5, 0.6) is 0 Å². The maximum absolute atomic E-state index is 6.46. The first-order valence-electron chi connectivity index (χ1n) is 16.1. The third kappa shape index (κ3) is 4.83. The van der Waals surface area contributed by atoms with Gasteiger partial charge in [-0.3, -0.25) is 0 Å². The number of fused-ring (bicyclic) bond motifs is 4. The zero-order valence-corrected chi connectivity index (χ0v) is 26.3. The second-order valence-electron chi connectivity index (χ2n) is 12.1. The molecule has 0 spiro atoms. The summed E-state index contributed by atoms with van der Waals surface area (Å²) in [7, 11) is 0. The summed E-state index contributed by atoms with van der Waals surface area (Å²) in [6.45, 7) is 2.13. The van der Waals surface area contributed by atoms with E-state index in [1.54, 1.807) is 0 Å². The van der Waals surface area contributed by atoms with Crippen LogP contribution < -0.4 is 0 Å². The van der Waals surface area contributed by atoms with Crippen LogP contribution in [0.25, 0.3) is 89.1 Å². The van der Waals surface area contributed by atoms with E-state index in [4.69, 9.17) is 19.4 Å². The number of benzene rings is 7. The SMILES string of the molecule is Cc1cccc(-c2ccc(-c3nc(-c4ccccc4)nc(-c4ccc5c(c4)oc4cccc(-c6ccccc6)c45)n3)c3ccccc23)c1. The summed E-state index contributed by atoms with van der Waals surface area (Å²) < 4.78 is 6.46. The van der Waals surface area contributed by atoms with Crippen molar-refractivity contribution in [2.24, 2.45) is 0 Å². The van der Waals surface area contributed by atoms with Crippen LogP contribution in [0.15, 0.2) is 162 Å². The number of furan rings is 1. The van der Waals surface area contributed by atoms with Gasteiger partial charge < -0.3 is 4.42 Å². The lowest BCUT2D eigenvalue weighted by molar-refractivity contribution is 0.669. The molecule has 48 heavy (non-hydrogen) atoms. The molecule has 0 atom stereocenters. The van der Waals surface area contributed by atoms with E-state index in [9.17, 15) is 0 Å². The monoisotopic (exact) mass is 615 g/mol. The van der Waals surface area contributed by atoms with E-state index >= 15 is 0 Å². The maximum Gasteiger partial charge on any atom is 0.164 e. The molecule has 0 aliphatic carbocycles. The first kappa shape index (κ1) is 27.9. The van der Waals surface area contributed by atoms with Gasteiger partial charge in [-0.1, -0.05) is 139 Å². The van der Waals surface area contributed by atoms with Crippen LogP contribution in [0.4, 0.5) is 0 Å². The van der Waals surface area contributed by atoms with Crippen molar-refractivity contribution >= 4 is 32.7 Å². The predicted molar refractivity (Wildman–Crippen MR) is 197 cm³/mol. The highest BCUT2D eigenvalue weighted by Gasteiger charge is 2.18. The second kappa shape index (κ2) is 11.4. The molecule has 0 saturated carbocycles. The Morgan fingerprint density at radius 1 is 0.375 bits per heavy atom. The smallest absolute Gasteiger partial charge is 0.164 e. The van der Waals surface area contributed by atoms with Crippen molar-refractivity contribution in [1.29, 1.82) is 0 Å². The molecule has 0 aliphatic rings. The van der Waals surface area contributed by atoms with E-state index in [1.165, 1.54) is 16.7 Å². The van der Waals surface area contributed by atoms with E-state index in [0.29, 0.717) is 17.5 Å². The van der Waals surface area contributed by atoms with E-state index in [2.05, 4.69) is 116 Å². The lowest BCUT2D eigenvalue weighted by Crippen LogP contribution is -2.00. The Morgan fingerprint density at radius 3 is 1.77 bits per heavy atom. The van der Waals surface area contributed by atoms with Gasteiger partial charge in [0.1, 0.15) is 11.2 Å². The highest BCUT2D eigenvalue weighted by Crippen LogP contribution is 2.39. The molecule has 7 aromatic carbocycles. The highest BCUT2D eigenvalue weighted by molar-refractivity contribution is 6.13. The average Bonchev–Trinajstić information content (AvgIpc) is 3.53. The molecule has 0 saturated heterocycles. The lowest BCUT2D eigenvalue weighted by atomic mass is 9.94. The fourth-order valence-corrected chi connectivity index (χ4v) is 6.72. The Morgan fingerprint density at radius 2 is 1.00 bits per heavy atom. The molecular formula is C44H29N3O. The number of aromatic nitrogens is 3. The summed E-state index contributed by atoms with van der Waals surface area (Å²) in [5, 5.41) is 4.41. The highest BCUT2D eigenvalue weighted by atomic mass is 16.3. The largest absolute Gasteiger partial charge is 0.456 e. The van der Waals surface area contributed by atoms with Crippen LogP contribution in [0.1, 0.15) is 5.56 Å². The van der Waals surface area contributed by atoms with Gasteiger partial charge in [0.25, 0.3) is 0 Å². The standard InChI is InChI=1S/C44H29N3O/c1-28-12-10-17-31(26-28)33-24-25-37(36-19-9-8-18-35(33)36)44-46-42(30-15-6-3-7-16-30)45-43(47-44)32-22-23-38-40(27-32)48-39-21-11-20-34(41(38)39)29-13-4-2-5-14-29/h2-27H,1H3. The number of aryl methyl sites for hydroxylation is 1. The average molecular weight is 616 g/mol. The Bertz CT molecular complexity index is 2620. The molecular weight excluding hydrogens is 587 g/mol. The molecule has 226 valence electrons. The summed E-state index contributed by atoms with van der Waals surface area (Å²) in [6, 6.07) is 54.5. The van der Waals surface area contributed by atoms with Crippen molar-refractivity contribution in [2.45, 2.75) is 6.92 Å². The van der Waals surface area contributed by atoms with Crippen molar-refractivity contribution < 1.29 is 4.42 Å². The molecule has 0 aliphatic heterocycles. The van der Waals surface area contributed by atoms with Crippen LogP contribution in [-0.4, -0.2) is 15.0 Å². The van der Waals surface area contributed by atoms with Crippen LogP contribution >= 0.6 is 0 Å². The van der Waals surface area contributed by atoms with Crippen LogP contribution in [-0.2, 0) is 0 Å². The molecule has 2 heterocycles. The molecule has 0 N–H and O–H groups in total. The number of rotatable bonds is 5. The van der Waals surface area contributed by atoms with Crippen LogP contribution in [0.3, 0.4) is 0 Å². The van der Waals surface area contributed by atoms with Gasteiger partial charge in [-0.25, -0.2) is 15.0 Å². The lowest BCUT2D eigenvalue weighted by Gasteiger charge is -2.13. The van der Waals surface area contributed by atoms with E-state index in [0.717, 1.165) is 60.5 Å². The Kier molecular flexibility index (Phi) is 6.65. The zero-order valence-electron chi connectivity index (χ0n) is 26.3. The van der Waals surface area contributed by atoms with Gasteiger partial charge in [0.15, 0.2) is 17.5 Å². The summed E-state index contributed by atoms with van der Waals surface area (Å²) in [6.07, 6.45) is 0. The third-order valence-electron chi connectivity index (χ3n) is 9.00. The minimum absolute atomic E-state index is 0.594. The number of hydrogen-bond donors (Lipinski definition) is 0. The molecule has 0 bridgehead atoms. The molecule has 0 radical (unpaired) electrons.